The van der Waals surface area contributed by atoms with Gasteiger partial charge in [-0.3, -0.25) is 0 Å². The van der Waals surface area contributed by atoms with Crippen LogP contribution in [0.4, 0.5) is 0 Å². The van der Waals surface area contributed by atoms with Gasteiger partial charge >= 0.3 is 0 Å². The molecule has 3 heteroatoms. The van der Waals surface area contributed by atoms with Crippen LogP contribution in [-0.4, -0.2) is 31.0 Å². The van der Waals surface area contributed by atoms with Crippen molar-refractivity contribution in [3.8, 4) is 0 Å². The number of ether oxygens (including phenoxy) is 1. The second kappa shape index (κ2) is 8.08. The van der Waals surface area contributed by atoms with E-state index in [2.05, 4.69) is 43.0 Å². The number of rotatable bonds is 7. The molecule has 1 rings (SSSR count). The van der Waals surface area contributed by atoms with Crippen LogP contribution >= 0.6 is 24.4 Å². The van der Waals surface area contributed by atoms with Crippen LogP contribution in [0.2, 0.25) is 0 Å². The molecule has 0 fully saturated rings. The average Bonchev–Trinajstić information content (AvgIpc) is 2.30. The average molecular weight is 242 g/mol. The van der Waals surface area contributed by atoms with Crippen molar-refractivity contribution in [3.05, 3.63) is 35.9 Å². The molecule has 15 heavy (non-hydrogen) atoms. The molecule has 0 aliphatic rings. The quantitative estimate of drug-likeness (QED) is 0.581. The van der Waals surface area contributed by atoms with Crippen molar-refractivity contribution in [1.29, 1.82) is 0 Å². The van der Waals surface area contributed by atoms with Gasteiger partial charge in [0.15, 0.2) is 0 Å². The highest BCUT2D eigenvalue weighted by Crippen LogP contribution is 2.21. The van der Waals surface area contributed by atoms with E-state index in [9.17, 15) is 0 Å². The first kappa shape index (κ1) is 12.9. The summed E-state index contributed by atoms with van der Waals surface area (Å²) in [6.45, 7) is 0.832. The van der Waals surface area contributed by atoms with Gasteiger partial charge in [-0.05, 0) is 11.3 Å². The minimum absolute atomic E-state index is 0.552. The second-order valence-corrected chi connectivity index (χ2v) is 4.87. The summed E-state index contributed by atoms with van der Waals surface area (Å²) in [5.74, 6) is 3.64. The van der Waals surface area contributed by atoms with E-state index >= 15 is 0 Å². The lowest BCUT2D eigenvalue weighted by Gasteiger charge is -2.14. The molecule has 0 aromatic heterocycles. The molecule has 0 amide bonds. The van der Waals surface area contributed by atoms with Gasteiger partial charge in [-0.15, -0.1) is 0 Å². The van der Waals surface area contributed by atoms with E-state index in [-0.39, 0.29) is 0 Å². The van der Waals surface area contributed by atoms with Crippen LogP contribution in [-0.2, 0) is 4.74 Å². The highest BCUT2D eigenvalue weighted by atomic mass is 32.2. The molecular weight excluding hydrogens is 224 g/mol. The first-order chi connectivity index (χ1) is 7.38. The van der Waals surface area contributed by atoms with Crippen LogP contribution in [0.5, 0.6) is 0 Å². The second-order valence-electron chi connectivity index (χ2n) is 3.36. The number of hydrogen-bond donors (Lipinski definition) is 1. The third-order valence-electron chi connectivity index (χ3n) is 2.24. The van der Waals surface area contributed by atoms with Gasteiger partial charge in [-0.25, -0.2) is 0 Å². The zero-order valence-electron chi connectivity index (χ0n) is 9.06. The van der Waals surface area contributed by atoms with Crippen molar-refractivity contribution in [1.82, 2.24) is 0 Å². The van der Waals surface area contributed by atoms with Crippen molar-refractivity contribution >= 4 is 24.4 Å². The first-order valence-corrected chi connectivity index (χ1v) is 6.89. The Hall–Kier alpha value is -0.120. The highest BCUT2D eigenvalue weighted by Gasteiger charge is 2.08. The lowest BCUT2D eigenvalue weighted by molar-refractivity contribution is 0.218. The molecule has 0 bridgehead atoms. The highest BCUT2D eigenvalue weighted by molar-refractivity contribution is 7.99. The molecule has 0 aliphatic carbocycles. The fraction of sp³-hybridized carbons (Fsp3) is 0.500. The molecule has 1 aromatic carbocycles. The minimum atomic E-state index is 0.552. The predicted molar refractivity (Wildman–Crippen MR) is 72.2 cm³/mol. The lowest BCUT2D eigenvalue weighted by atomic mass is 10.0. The maximum Gasteiger partial charge on any atom is 0.0552 e. The molecule has 1 unspecified atom stereocenters. The van der Waals surface area contributed by atoms with Gasteiger partial charge in [-0.1, -0.05) is 30.3 Å². The van der Waals surface area contributed by atoms with E-state index < -0.39 is 0 Å². The van der Waals surface area contributed by atoms with Gasteiger partial charge in [0.1, 0.15) is 0 Å². The number of thioether (sulfide) groups is 1. The summed E-state index contributed by atoms with van der Waals surface area (Å²) in [5.41, 5.74) is 1.39. The number of thiol groups is 1. The summed E-state index contributed by atoms with van der Waals surface area (Å²) < 4.78 is 5.02. The minimum Gasteiger partial charge on any atom is -0.384 e. The molecule has 1 atom stereocenters. The van der Waals surface area contributed by atoms with E-state index in [1.807, 2.05) is 11.8 Å². The molecule has 0 aliphatic heterocycles. The molecule has 84 valence electrons. The smallest absolute Gasteiger partial charge is 0.0552 e. The maximum atomic E-state index is 5.02. The summed E-state index contributed by atoms with van der Waals surface area (Å²) in [5, 5.41) is 0. The Morgan fingerprint density at radius 3 is 2.67 bits per heavy atom. The number of benzene rings is 1. The zero-order valence-corrected chi connectivity index (χ0v) is 10.8. The van der Waals surface area contributed by atoms with Gasteiger partial charge in [0.05, 0.1) is 6.61 Å². The van der Waals surface area contributed by atoms with Crippen LogP contribution in [0.3, 0.4) is 0 Å². The summed E-state index contributed by atoms with van der Waals surface area (Å²) in [6.07, 6.45) is 0. The first-order valence-electron chi connectivity index (χ1n) is 5.11. The van der Waals surface area contributed by atoms with Crippen molar-refractivity contribution in [2.75, 3.05) is 31.0 Å². The normalized spacial score (nSPS) is 12.7. The van der Waals surface area contributed by atoms with Gasteiger partial charge in [-0.2, -0.15) is 24.4 Å². The van der Waals surface area contributed by atoms with Gasteiger partial charge in [0.2, 0.25) is 0 Å². The fourth-order valence-corrected chi connectivity index (χ4v) is 2.91. The molecule has 0 spiro atoms. The molecule has 0 saturated carbocycles. The van der Waals surface area contributed by atoms with E-state index in [4.69, 9.17) is 4.74 Å². The molecule has 1 aromatic rings. The van der Waals surface area contributed by atoms with Crippen molar-refractivity contribution in [2.24, 2.45) is 0 Å². The fourth-order valence-electron chi connectivity index (χ4n) is 1.35. The van der Waals surface area contributed by atoms with Gasteiger partial charge in [0.25, 0.3) is 0 Å². The topological polar surface area (TPSA) is 9.23 Å². The van der Waals surface area contributed by atoms with Crippen LogP contribution in [0.25, 0.3) is 0 Å². The summed E-state index contributed by atoms with van der Waals surface area (Å²) in [7, 11) is 1.74. The third-order valence-corrected chi connectivity index (χ3v) is 3.78. The van der Waals surface area contributed by atoms with Gasteiger partial charge < -0.3 is 4.74 Å². The lowest BCUT2D eigenvalue weighted by Crippen LogP contribution is -2.05. The Labute approximate surface area is 102 Å². The molecule has 0 radical (unpaired) electrons. The van der Waals surface area contributed by atoms with E-state index in [0.29, 0.717) is 5.92 Å². The summed E-state index contributed by atoms with van der Waals surface area (Å²) in [4.78, 5) is 0. The zero-order chi connectivity index (χ0) is 10.9. The van der Waals surface area contributed by atoms with E-state index in [0.717, 1.165) is 23.9 Å². The van der Waals surface area contributed by atoms with E-state index in [1.54, 1.807) is 7.11 Å². The molecular formula is C12H18OS2. The summed E-state index contributed by atoms with van der Waals surface area (Å²) in [6, 6.07) is 10.6. The standard InChI is InChI=1S/C12H18OS2/c1-13-7-8-15-10-12(9-14)11-5-3-2-4-6-11/h2-6,12,14H,7-10H2,1H3. The predicted octanol–water partition coefficient (Wildman–Crippen LogP) is 3.08. The van der Waals surface area contributed by atoms with Crippen molar-refractivity contribution in [3.63, 3.8) is 0 Å². The maximum absolute atomic E-state index is 5.02. The molecule has 0 N–H and O–H groups in total. The Morgan fingerprint density at radius 2 is 2.07 bits per heavy atom. The Bertz CT molecular complexity index is 251. The Kier molecular flexibility index (Phi) is 6.98. The largest absolute Gasteiger partial charge is 0.384 e. The molecule has 0 saturated heterocycles. The van der Waals surface area contributed by atoms with Gasteiger partial charge in [0, 0.05) is 24.5 Å². The Morgan fingerprint density at radius 1 is 1.33 bits per heavy atom. The number of hydrogen-bond acceptors (Lipinski definition) is 3. The van der Waals surface area contributed by atoms with Crippen LogP contribution in [0, 0.1) is 0 Å². The molecule has 1 nitrogen and oxygen atoms in total. The van der Waals surface area contributed by atoms with Crippen LogP contribution in [0.15, 0.2) is 30.3 Å². The van der Waals surface area contributed by atoms with E-state index in [1.165, 1.54) is 5.56 Å². The van der Waals surface area contributed by atoms with Crippen LogP contribution < -0.4 is 0 Å². The number of methoxy groups -OCH3 is 1. The summed E-state index contributed by atoms with van der Waals surface area (Å²) >= 11 is 6.34. The Balaban J connectivity index is 2.36. The van der Waals surface area contributed by atoms with Crippen molar-refractivity contribution in [2.45, 2.75) is 5.92 Å². The van der Waals surface area contributed by atoms with Crippen molar-refractivity contribution < 1.29 is 4.74 Å². The van der Waals surface area contributed by atoms with Crippen LogP contribution in [0.1, 0.15) is 11.5 Å². The molecule has 0 heterocycles. The third kappa shape index (κ3) is 4.96. The monoisotopic (exact) mass is 242 g/mol. The SMILES string of the molecule is COCCSCC(CS)c1ccccc1.